The lowest BCUT2D eigenvalue weighted by atomic mass is 10.1. The maximum atomic E-state index is 12.4. The summed E-state index contributed by atoms with van der Waals surface area (Å²) in [7, 11) is 0. The molecule has 3 aromatic rings. The molecule has 0 aliphatic carbocycles. The number of amides is 1. The lowest BCUT2D eigenvalue weighted by molar-refractivity contribution is 0.0957. The minimum absolute atomic E-state index is 0.183. The Morgan fingerprint density at radius 1 is 1.20 bits per heavy atom. The van der Waals surface area contributed by atoms with Crippen LogP contribution >= 0.6 is 0 Å². The van der Waals surface area contributed by atoms with Gasteiger partial charge in [0, 0.05) is 18.0 Å². The summed E-state index contributed by atoms with van der Waals surface area (Å²) in [5.74, 6) is 6.22. The Balaban J connectivity index is 1.77. The van der Waals surface area contributed by atoms with Crippen LogP contribution in [0.15, 0.2) is 59.3 Å². The highest BCUT2D eigenvalue weighted by Crippen LogP contribution is 2.25. The molecule has 0 aliphatic rings. The van der Waals surface area contributed by atoms with E-state index in [1.54, 1.807) is 23.9 Å². The molecule has 2 heterocycles. The van der Waals surface area contributed by atoms with Crippen molar-refractivity contribution in [3.05, 3.63) is 77.3 Å². The molecule has 3 rings (SSSR count). The first-order valence-corrected chi connectivity index (χ1v) is 7.69. The Morgan fingerprint density at radius 2 is 1.92 bits per heavy atom. The number of hydrogen-bond acceptors (Lipinski definition) is 3. The van der Waals surface area contributed by atoms with Crippen LogP contribution in [0, 0.1) is 30.1 Å². The molecule has 0 saturated carbocycles. The highest BCUT2D eigenvalue weighted by molar-refractivity contribution is 5.98. The Labute approximate surface area is 145 Å². The molecule has 25 heavy (non-hydrogen) atoms. The molecule has 1 amide bonds. The topological polar surface area (TPSA) is 71.0 Å². The van der Waals surface area contributed by atoms with E-state index in [1.165, 1.54) is 0 Å². The standard InChI is InChI=1S/C20H15N3O2/c1-15-18(17(14-21)20(25-15)23-12-5-6-13-23)19(24)22-11-7-10-16-8-3-2-4-9-16/h2-6,8-9,12-13H,11H2,1H3,(H,22,24). The largest absolute Gasteiger partial charge is 0.443 e. The van der Waals surface area contributed by atoms with Gasteiger partial charge >= 0.3 is 0 Å². The van der Waals surface area contributed by atoms with Crippen molar-refractivity contribution in [2.24, 2.45) is 0 Å². The van der Waals surface area contributed by atoms with Gasteiger partial charge in [0.1, 0.15) is 23.0 Å². The van der Waals surface area contributed by atoms with E-state index in [0.717, 1.165) is 5.56 Å². The molecule has 1 aromatic carbocycles. The van der Waals surface area contributed by atoms with Gasteiger partial charge in [0.2, 0.25) is 5.88 Å². The predicted molar refractivity (Wildman–Crippen MR) is 93.1 cm³/mol. The fourth-order valence-corrected chi connectivity index (χ4v) is 2.44. The van der Waals surface area contributed by atoms with Gasteiger partial charge in [0.05, 0.1) is 6.54 Å². The first-order chi connectivity index (χ1) is 12.2. The maximum Gasteiger partial charge on any atom is 0.257 e. The molecule has 0 spiro atoms. The molecule has 5 nitrogen and oxygen atoms in total. The number of aromatic nitrogens is 1. The van der Waals surface area contributed by atoms with Gasteiger partial charge in [-0.25, -0.2) is 0 Å². The highest BCUT2D eigenvalue weighted by atomic mass is 16.4. The molecule has 0 fully saturated rings. The zero-order chi connectivity index (χ0) is 17.6. The SMILES string of the molecule is Cc1oc(-n2cccc2)c(C#N)c1C(=O)NCC#Cc1ccccc1. The second kappa shape index (κ2) is 7.25. The fourth-order valence-electron chi connectivity index (χ4n) is 2.44. The van der Waals surface area contributed by atoms with Gasteiger partial charge in [-0.15, -0.1) is 0 Å². The zero-order valence-electron chi connectivity index (χ0n) is 13.6. The highest BCUT2D eigenvalue weighted by Gasteiger charge is 2.24. The van der Waals surface area contributed by atoms with Crippen molar-refractivity contribution in [3.63, 3.8) is 0 Å². The number of hydrogen-bond donors (Lipinski definition) is 1. The third-order valence-corrected chi connectivity index (χ3v) is 3.59. The van der Waals surface area contributed by atoms with Crippen molar-refractivity contribution < 1.29 is 9.21 Å². The van der Waals surface area contributed by atoms with Gasteiger partial charge in [-0.3, -0.25) is 9.36 Å². The van der Waals surface area contributed by atoms with Gasteiger partial charge < -0.3 is 9.73 Å². The van der Waals surface area contributed by atoms with Crippen molar-refractivity contribution in [2.75, 3.05) is 6.54 Å². The number of rotatable bonds is 3. The lowest BCUT2D eigenvalue weighted by Gasteiger charge is -2.00. The van der Waals surface area contributed by atoms with E-state index >= 15 is 0 Å². The molecular formula is C20H15N3O2. The van der Waals surface area contributed by atoms with Crippen LogP contribution in [0.2, 0.25) is 0 Å². The number of nitriles is 1. The molecule has 1 N–H and O–H groups in total. The van der Waals surface area contributed by atoms with Gasteiger partial charge in [0.25, 0.3) is 5.91 Å². The minimum Gasteiger partial charge on any atom is -0.443 e. The summed E-state index contributed by atoms with van der Waals surface area (Å²) in [5.41, 5.74) is 1.33. The Hall–Kier alpha value is -3.70. The number of aryl methyl sites for hydroxylation is 1. The lowest BCUT2D eigenvalue weighted by Crippen LogP contribution is -2.24. The molecule has 0 radical (unpaired) electrons. The van der Waals surface area contributed by atoms with Gasteiger partial charge in [-0.2, -0.15) is 5.26 Å². The molecule has 122 valence electrons. The molecule has 0 unspecified atom stereocenters. The second-order valence-electron chi connectivity index (χ2n) is 5.27. The number of nitrogens with zero attached hydrogens (tertiary/aromatic N) is 2. The molecule has 0 atom stereocenters. The zero-order valence-corrected chi connectivity index (χ0v) is 13.6. The summed E-state index contributed by atoms with van der Waals surface area (Å²) in [6, 6.07) is 15.2. The number of carbonyl (C=O) groups is 1. The first-order valence-electron chi connectivity index (χ1n) is 7.69. The van der Waals surface area contributed by atoms with Crippen LogP contribution in [0.1, 0.15) is 27.2 Å². The van der Waals surface area contributed by atoms with Crippen molar-refractivity contribution >= 4 is 5.91 Å². The van der Waals surface area contributed by atoms with Crippen LogP contribution in [-0.4, -0.2) is 17.0 Å². The van der Waals surface area contributed by atoms with E-state index in [4.69, 9.17) is 4.42 Å². The van der Waals surface area contributed by atoms with E-state index in [0.29, 0.717) is 11.6 Å². The summed E-state index contributed by atoms with van der Waals surface area (Å²) in [6.45, 7) is 1.85. The van der Waals surface area contributed by atoms with E-state index in [1.807, 2.05) is 42.5 Å². The number of carbonyl (C=O) groups excluding carboxylic acids is 1. The van der Waals surface area contributed by atoms with Gasteiger partial charge in [-0.05, 0) is 31.2 Å². The summed E-state index contributed by atoms with van der Waals surface area (Å²) < 4.78 is 7.29. The molecular weight excluding hydrogens is 314 g/mol. The van der Waals surface area contributed by atoms with Crippen LogP contribution in [0.3, 0.4) is 0 Å². The molecule has 5 heteroatoms. The van der Waals surface area contributed by atoms with E-state index in [-0.39, 0.29) is 23.6 Å². The number of nitrogens with one attached hydrogen (secondary N) is 1. The van der Waals surface area contributed by atoms with E-state index < -0.39 is 0 Å². The minimum atomic E-state index is -0.376. The Bertz CT molecular complexity index is 981. The van der Waals surface area contributed by atoms with Crippen molar-refractivity contribution in [3.8, 4) is 23.8 Å². The monoisotopic (exact) mass is 329 g/mol. The number of furan rings is 1. The number of benzene rings is 1. The van der Waals surface area contributed by atoms with Crippen LogP contribution in [-0.2, 0) is 0 Å². The van der Waals surface area contributed by atoms with Crippen LogP contribution < -0.4 is 5.32 Å². The quantitative estimate of drug-likeness (QED) is 0.751. The molecule has 2 aromatic heterocycles. The van der Waals surface area contributed by atoms with Crippen LogP contribution in [0.25, 0.3) is 5.88 Å². The average Bonchev–Trinajstić information content (AvgIpc) is 3.26. The Kier molecular flexibility index (Phi) is 4.69. The maximum absolute atomic E-state index is 12.4. The average molecular weight is 329 g/mol. The Morgan fingerprint density at radius 3 is 2.60 bits per heavy atom. The van der Waals surface area contributed by atoms with Crippen LogP contribution in [0.5, 0.6) is 0 Å². The van der Waals surface area contributed by atoms with Crippen molar-refractivity contribution in [1.82, 2.24) is 9.88 Å². The van der Waals surface area contributed by atoms with Crippen molar-refractivity contribution in [1.29, 1.82) is 5.26 Å². The fraction of sp³-hybridized carbons (Fsp3) is 0.100. The summed E-state index contributed by atoms with van der Waals surface area (Å²) in [6.07, 6.45) is 3.51. The van der Waals surface area contributed by atoms with Gasteiger partial charge in [0.15, 0.2) is 0 Å². The van der Waals surface area contributed by atoms with Crippen LogP contribution in [0.4, 0.5) is 0 Å². The summed E-state index contributed by atoms with van der Waals surface area (Å²) >= 11 is 0. The van der Waals surface area contributed by atoms with E-state index in [2.05, 4.69) is 23.2 Å². The third kappa shape index (κ3) is 3.46. The molecule has 0 aliphatic heterocycles. The molecule has 0 bridgehead atoms. The second-order valence-corrected chi connectivity index (χ2v) is 5.27. The smallest absolute Gasteiger partial charge is 0.257 e. The molecule has 0 saturated heterocycles. The summed E-state index contributed by atoms with van der Waals surface area (Å²) in [4.78, 5) is 12.4. The first kappa shape index (κ1) is 16.2. The summed E-state index contributed by atoms with van der Waals surface area (Å²) in [5, 5.41) is 12.2. The normalized spacial score (nSPS) is 9.76. The van der Waals surface area contributed by atoms with E-state index in [9.17, 15) is 10.1 Å². The predicted octanol–water partition coefficient (Wildman–Crippen LogP) is 3.03. The van der Waals surface area contributed by atoms with Crippen molar-refractivity contribution in [2.45, 2.75) is 6.92 Å². The van der Waals surface area contributed by atoms with Gasteiger partial charge in [-0.1, -0.05) is 30.0 Å². The third-order valence-electron chi connectivity index (χ3n) is 3.59.